The van der Waals surface area contributed by atoms with Gasteiger partial charge in [-0.25, -0.2) is 9.37 Å². The number of nitrogens with zero attached hydrogens (tertiary/aromatic N) is 5. The van der Waals surface area contributed by atoms with Crippen molar-refractivity contribution in [3.05, 3.63) is 24.0 Å². The quantitative estimate of drug-likeness (QED) is 0.501. The lowest BCUT2D eigenvalue weighted by Gasteiger charge is -2.16. The Labute approximate surface area is 164 Å². The first-order valence-electron chi connectivity index (χ1n) is 9.70. The molecule has 2 aromatic heterocycles. The lowest BCUT2D eigenvalue weighted by atomic mass is 10.1. The minimum Gasteiger partial charge on any atom is -0.324 e. The van der Waals surface area contributed by atoms with Gasteiger partial charge in [0.25, 0.3) is 0 Å². The number of aromatic nitrogens is 4. The highest BCUT2D eigenvalue weighted by Crippen LogP contribution is 2.28. The van der Waals surface area contributed by atoms with Gasteiger partial charge >= 0.3 is 0 Å². The van der Waals surface area contributed by atoms with E-state index in [1.165, 1.54) is 12.1 Å². The molecule has 146 valence electrons. The molecule has 1 aromatic carbocycles. The van der Waals surface area contributed by atoms with Crippen molar-refractivity contribution in [1.29, 1.82) is 0 Å². The molecule has 27 heavy (non-hydrogen) atoms. The fourth-order valence-electron chi connectivity index (χ4n) is 3.19. The Morgan fingerprint density at radius 3 is 2.67 bits per heavy atom. The van der Waals surface area contributed by atoms with Crippen LogP contribution in [0.1, 0.15) is 34.1 Å². The number of benzene rings is 1. The van der Waals surface area contributed by atoms with Gasteiger partial charge in [0.05, 0.1) is 5.52 Å². The summed E-state index contributed by atoms with van der Waals surface area (Å²) in [5.74, 6) is 1.25. The summed E-state index contributed by atoms with van der Waals surface area (Å²) in [7, 11) is 0. The fraction of sp³-hybridized carbons (Fsp3) is 0.550. The van der Waals surface area contributed by atoms with Gasteiger partial charge in [-0.05, 0) is 43.6 Å². The van der Waals surface area contributed by atoms with Crippen molar-refractivity contribution in [3.8, 4) is 0 Å². The highest BCUT2D eigenvalue weighted by Gasteiger charge is 2.16. The molecule has 0 bridgehead atoms. The Morgan fingerprint density at radius 2 is 1.96 bits per heavy atom. The molecule has 0 unspecified atom stereocenters. The van der Waals surface area contributed by atoms with E-state index in [2.05, 4.69) is 47.4 Å². The lowest BCUT2D eigenvalue weighted by Crippen LogP contribution is -2.25. The Hall–Kier alpha value is -1.73. The monoisotopic (exact) mass is 389 g/mol. The van der Waals surface area contributed by atoms with Crippen LogP contribution in [0.2, 0.25) is 0 Å². The van der Waals surface area contributed by atoms with Crippen LogP contribution in [0.3, 0.4) is 0 Å². The smallest absolute Gasteiger partial charge is 0.211 e. The number of thioether (sulfide) groups is 1. The van der Waals surface area contributed by atoms with E-state index >= 15 is 0 Å². The topological polar surface area (TPSA) is 46.8 Å². The number of rotatable bonds is 9. The first kappa shape index (κ1) is 20.0. The molecule has 0 amide bonds. The number of hydrogen-bond donors (Lipinski definition) is 0. The predicted octanol–water partition coefficient (Wildman–Crippen LogP) is 4.60. The molecule has 3 rings (SSSR count). The van der Waals surface area contributed by atoms with Crippen LogP contribution in [-0.4, -0.2) is 50.0 Å². The van der Waals surface area contributed by atoms with Gasteiger partial charge in [-0.15, -0.1) is 10.2 Å². The van der Waals surface area contributed by atoms with Crippen LogP contribution < -0.4 is 0 Å². The zero-order valence-electron chi connectivity index (χ0n) is 16.6. The van der Waals surface area contributed by atoms with Crippen molar-refractivity contribution in [1.82, 2.24) is 24.6 Å². The highest BCUT2D eigenvalue weighted by atomic mass is 32.2. The average Bonchev–Trinajstić information content (AvgIpc) is 2.95. The third-order valence-corrected chi connectivity index (χ3v) is 5.69. The maximum atomic E-state index is 13.8. The van der Waals surface area contributed by atoms with Crippen molar-refractivity contribution >= 4 is 33.8 Å². The molecule has 0 aliphatic carbocycles. The molecule has 0 saturated carbocycles. The minimum atomic E-state index is -0.259. The molecule has 0 radical (unpaired) electrons. The van der Waals surface area contributed by atoms with Gasteiger partial charge in [0, 0.05) is 24.2 Å². The zero-order valence-corrected chi connectivity index (χ0v) is 17.4. The minimum absolute atomic E-state index is 0.259. The van der Waals surface area contributed by atoms with Crippen LogP contribution in [0.15, 0.2) is 23.4 Å². The van der Waals surface area contributed by atoms with Crippen molar-refractivity contribution in [3.63, 3.8) is 0 Å². The summed E-state index contributed by atoms with van der Waals surface area (Å²) in [5.41, 5.74) is 2.46. The average molecular weight is 390 g/mol. The van der Waals surface area contributed by atoms with Crippen LogP contribution in [0.5, 0.6) is 0 Å². The summed E-state index contributed by atoms with van der Waals surface area (Å²) in [6.07, 6.45) is 1.03. The fourth-order valence-corrected chi connectivity index (χ4v) is 3.98. The first-order chi connectivity index (χ1) is 13.0. The molecular formula is C20H28FN5S. The molecule has 0 fully saturated rings. The van der Waals surface area contributed by atoms with Gasteiger partial charge in [0.2, 0.25) is 5.16 Å². The standard InChI is InChI=1S/C20H28FN5S/c1-5-25(6-2)11-12-27-20-22-19-18(23-24-20)16-13-15(21)7-8-17(16)26(19)10-9-14(3)4/h7-8,13-14H,5-6,9-12H2,1-4H3. The van der Waals surface area contributed by atoms with E-state index in [-0.39, 0.29) is 5.82 Å². The second kappa shape index (κ2) is 8.97. The molecule has 2 heterocycles. The Morgan fingerprint density at radius 1 is 1.19 bits per heavy atom. The van der Waals surface area contributed by atoms with Gasteiger partial charge < -0.3 is 9.47 Å². The van der Waals surface area contributed by atoms with Gasteiger partial charge in [0.15, 0.2) is 5.65 Å². The highest BCUT2D eigenvalue weighted by molar-refractivity contribution is 7.99. The van der Waals surface area contributed by atoms with Gasteiger partial charge in [0.1, 0.15) is 11.3 Å². The van der Waals surface area contributed by atoms with Gasteiger partial charge in [-0.2, -0.15) is 0 Å². The second-order valence-corrected chi connectivity index (χ2v) is 8.20. The summed E-state index contributed by atoms with van der Waals surface area (Å²) in [5, 5.41) is 10.2. The van der Waals surface area contributed by atoms with Crippen molar-refractivity contribution in [2.75, 3.05) is 25.4 Å². The molecule has 3 aromatic rings. The Bertz CT molecular complexity index is 904. The summed E-state index contributed by atoms with van der Waals surface area (Å²) in [6, 6.07) is 4.86. The van der Waals surface area contributed by atoms with Gasteiger partial charge in [-0.1, -0.05) is 39.5 Å². The summed E-state index contributed by atoms with van der Waals surface area (Å²) < 4.78 is 15.9. The SMILES string of the molecule is CCN(CC)CCSc1nnc2c3cc(F)ccc3n(CCC(C)C)c2n1. The normalized spacial score (nSPS) is 12.1. The molecule has 0 N–H and O–H groups in total. The van der Waals surface area contributed by atoms with E-state index in [1.807, 2.05) is 6.07 Å². The van der Waals surface area contributed by atoms with Crippen LogP contribution >= 0.6 is 11.8 Å². The van der Waals surface area contributed by atoms with Crippen molar-refractivity contribution in [2.24, 2.45) is 5.92 Å². The number of halogens is 1. The predicted molar refractivity (Wildman–Crippen MR) is 111 cm³/mol. The van der Waals surface area contributed by atoms with E-state index in [0.29, 0.717) is 16.6 Å². The van der Waals surface area contributed by atoms with Crippen LogP contribution in [-0.2, 0) is 6.54 Å². The maximum absolute atomic E-state index is 13.8. The second-order valence-electron chi connectivity index (χ2n) is 7.14. The summed E-state index contributed by atoms with van der Waals surface area (Å²) >= 11 is 1.63. The Balaban J connectivity index is 1.93. The molecule has 0 spiro atoms. The molecular weight excluding hydrogens is 361 g/mol. The third kappa shape index (κ3) is 4.58. The summed E-state index contributed by atoms with van der Waals surface area (Å²) in [6.45, 7) is 12.7. The van der Waals surface area contributed by atoms with E-state index in [4.69, 9.17) is 4.98 Å². The molecule has 7 heteroatoms. The maximum Gasteiger partial charge on any atom is 0.211 e. The summed E-state index contributed by atoms with van der Waals surface area (Å²) in [4.78, 5) is 7.16. The molecule has 5 nitrogen and oxygen atoms in total. The van der Waals surface area contributed by atoms with Gasteiger partial charge in [-0.3, -0.25) is 0 Å². The number of aryl methyl sites for hydroxylation is 1. The van der Waals surface area contributed by atoms with Crippen LogP contribution in [0.4, 0.5) is 4.39 Å². The van der Waals surface area contributed by atoms with Crippen LogP contribution in [0.25, 0.3) is 22.1 Å². The Kier molecular flexibility index (Phi) is 6.65. The third-order valence-electron chi connectivity index (χ3n) is 4.87. The molecule has 0 saturated heterocycles. The van der Waals surface area contributed by atoms with Crippen LogP contribution in [0, 0.1) is 11.7 Å². The molecule has 0 aliphatic rings. The van der Waals surface area contributed by atoms with E-state index in [1.54, 1.807) is 11.8 Å². The van der Waals surface area contributed by atoms with E-state index < -0.39 is 0 Å². The first-order valence-corrected chi connectivity index (χ1v) is 10.7. The number of hydrogen-bond acceptors (Lipinski definition) is 5. The zero-order chi connectivity index (χ0) is 19.4. The largest absolute Gasteiger partial charge is 0.324 e. The molecule has 0 atom stereocenters. The molecule has 0 aliphatic heterocycles. The van der Waals surface area contributed by atoms with E-state index in [9.17, 15) is 4.39 Å². The van der Waals surface area contributed by atoms with E-state index in [0.717, 1.165) is 54.9 Å². The number of fused-ring (bicyclic) bond motifs is 3. The lowest BCUT2D eigenvalue weighted by molar-refractivity contribution is 0.324. The van der Waals surface area contributed by atoms with Crippen molar-refractivity contribution in [2.45, 2.75) is 45.8 Å². The van der Waals surface area contributed by atoms with Crippen molar-refractivity contribution < 1.29 is 4.39 Å².